The highest BCUT2D eigenvalue weighted by atomic mass is 32.2. The Morgan fingerprint density at radius 2 is 1.81 bits per heavy atom. The number of aromatic nitrogens is 7. The summed E-state index contributed by atoms with van der Waals surface area (Å²) in [5.41, 5.74) is 6.24. The second-order valence-corrected chi connectivity index (χ2v) is 11.1. The maximum atomic E-state index is 14.5. The van der Waals surface area contributed by atoms with Crippen molar-refractivity contribution in [3.05, 3.63) is 78.8 Å². The Hall–Kier alpha value is -4.51. The van der Waals surface area contributed by atoms with Gasteiger partial charge in [-0.2, -0.15) is 5.10 Å². The van der Waals surface area contributed by atoms with E-state index in [9.17, 15) is 12.8 Å². The number of pyridine rings is 1. The van der Waals surface area contributed by atoms with E-state index in [4.69, 9.17) is 4.98 Å². The van der Waals surface area contributed by atoms with Gasteiger partial charge in [-0.3, -0.25) is 5.10 Å². The number of aryl methyl sites for hydroxylation is 1. The Morgan fingerprint density at radius 1 is 0.973 bits per heavy atom. The van der Waals surface area contributed by atoms with E-state index in [1.165, 1.54) is 24.7 Å². The van der Waals surface area contributed by atoms with Gasteiger partial charge < -0.3 is 4.98 Å². The van der Waals surface area contributed by atoms with Crippen LogP contribution < -0.4 is 0 Å². The second kappa shape index (κ2) is 8.86. The van der Waals surface area contributed by atoms with E-state index in [0.29, 0.717) is 33.8 Å². The van der Waals surface area contributed by atoms with E-state index in [2.05, 4.69) is 30.1 Å². The molecule has 0 saturated carbocycles. The van der Waals surface area contributed by atoms with Crippen molar-refractivity contribution in [2.24, 2.45) is 0 Å². The lowest BCUT2D eigenvalue weighted by molar-refractivity contribution is 0.600. The van der Waals surface area contributed by atoms with Gasteiger partial charge in [-0.05, 0) is 41.8 Å². The first-order valence-corrected chi connectivity index (χ1v) is 13.5. The number of rotatable bonds is 6. The topological polar surface area (TPSA) is 130 Å². The first-order chi connectivity index (χ1) is 17.8. The maximum absolute atomic E-state index is 14.5. The summed E-state index contributed by atoms with van der Waals surface area (Å²) in [6.07, 6.45) is 8.02. The average Bonchev–Trinajstić information content (AvgIpc) is 3.51. The van der Waals surface area contributed by atoms with Crippen LogP contribution in [-0.2, 0) is 16.3 Å². The number of hydrogen-bond acceptors (Lipinski definition) is 7. The van der Waals surface area contributed by atoms with Crippen LogP contribution >= 0.6 is 0 Å². The van der Waals surface area contributed by atoms with Crippen LogP contribution in [0.2, 0.25) is 0 Å². The maximum Gasteiger partial charge on any atom is 0.181 e. The molecule has 0 spiro atoms. The molecule has 0 saturated heterocycles. The van der Waals surface area contributed by atoms with E-state index in [-0.39, 0.29) is 12.2 Å². The minimum Gasteiger partial charge on any atom is -0.337 e. The molecule has 37 heavy (non-hydrogen) atoms. The number of H-pyrrole nitrogens is 2. The number of nitrogens with one attached hydrogen (secondary N) is 2. The van der Waals surface area contributed by atoms with Gasteiger partial charge in [0.1, 0.15) is 27.7 Å². The molecule has 0 aliphatic carbocycles. The first kappa shape index (κ1) is 22.9. The summed E-state index contributed by atoms with van der Waals surface area (Å²) < 4.78 is 37.7. The second-order valence-electron chi connectivity index (χ2n) is 8.84. The van der Waals surface area contributed by atoms with E-state index < -0.39 is 15.7 Å². The molecule has 11 heteroatoms. The predicted molar refractivity (Wildman–Crippen MR) is 139 cm³/mol. The van der Waals surface area contributed by atoms with Gasteiger partial charge in [0, 0.05) is 41.5 Å². The Bertz CT molecular complexity index is 1880. The molecule has 184 valence electrons. The van der Waals surface area contributed by atoms with Crippen LogP contribution in [-0.4, -0.2) is 55.5 Å². The smallest absolute Gasteiger partial charge is 0.181 e. The molecular weight excluding hydrogens is 493 g/mol. The summed E-state index contributed by atoms with van der Waals surface area (Å²) in [6, 6.07) is 12.2. The largest absolute Gasteiger partial charge is 0.337 e. The van der Waals surface area contributed by atoms with Gasteiger partial charge in [0.2, 0.25) is 0 Å². The molecule has 6 aromatic rings. The number of sulfone groups is 1. The summed E-state index contributed by atoms with van der Waals surface area (Å²) in [5, 5.41) is 8.12. The van der Waals surface area contributed by atoms with Gasteiger partial charge in [0.05, 0.1) is 22.2 Å². The predicted octanol–water partition coefficient (Wildman–Crippen LogP) is 4.35. The molecule has 2 aromatic carbocycles. The third kappa shape index (κ3) is 4.56. The number of benzene rings is 2. The van der Waals surface area contributed by atoms with Crippen molar-refractivity contribution in [2.75, 3.05) is 12.0 Å². The van der Waals surface area contributed by atoms with Crippen LogP contribution in [0.4, 0.5) is 4.39 Å². The first-order valence-electron chi connectivity index (χ1n) is 11.4. The third-order valence-electron chi connectivity index (χ3n) is 6.08. The molecule has 0 aliphatic heterocycles. The highest BCUT2D eigenvalue weighted by Crippen LogP contribution is 2.33. The minimum absolute atomic E-state index is 0.0509. The number of para-hydroxylation sites is 1. The Labute approximate surface area is 210 Å². The zero-order valence-electron chi connectivity index (χ0n) is 19.6. The molecule has 6 rings (SSSR count). The summed E-state index contributed by atoms with van der Waals surface area (Å²) in [4.78, 5) is 20.8. The molecule has 0 bridgehead atoms. The standard InChI is InChI=1S/C26H20FN7O2S/c1-37(35,36)6-5-15-7-16(9-19(27)8-15)20-3-2-4-22-23(20)32-26(31-22)24-21-10-17(13-30-25(21)34-33-24)18-11-28-14-29-12-18/h2-4,7-14H,5-6H2,1H3,(H,31,32)(H,30,33,34). The summed E-state index contributed by atoms with van der Waals surface area (Å²) in [7, 11) is -3.17. The number of halogens is 1. The minimum atomic E-state index is -3.17. The zero-order chi connectivity index (χ0) is 25.6. The molecule has 0 unspecified atom stereocenters. The lowest BCUT2D eigenvalue weighted by Gasteiger charge is -2.07. The molecule has 0 aliphatic rings. The van der Waals surface area contributed by atoms with Gasteiger partial charge in [-0.15, -0.1) is 0 Å². The molecule has 4 heterocycles. The monoisotopic (exact) mass is 513 g/mol. The highest BCUT2D eigenvalue weighted by Gasteiger charge is 2.17. The highest BCUT2D eigenvalue weighted by molar-refractivity contribution is 7.90. The van der Waals surface area contributed by atoms with E-state index in [1.807, 2.05) is 24.3 Å². The van der Waals surface area contributed by atoms with Crippen LogP contribution in [0.25, 0.3) is 55.8 Å². The number of imidazole rings is 1. The zero-order valence-corrected chi connectivity index (χ0v) is 20.4. The summed E-state index contributed by atoms with van der Waals surface area (Å²) in [5.74, 6) is 0.0729. The summed E-state index contributed by atoms with van der Waals surface area (Å²) >= 11 is 0. The Kier molecular flexibility index (Phi) is 5.49. The molecule has 0 fully saturated rings. The number of fused-ring (bicyclic) bond motifs is 2. The Balaban J connectivity index is 1.44. The van der Waals surface area contributed by atoms with Crippen molar-refractivity contribution in [2.45, 2.75) is 6.42 Å². The molecule has 4 aromatic heterocycles. The number of aromatic amines is 2. The van der Waals surface area contributed by atoms with Crippen molar-refractivity contribution in [3.8, 4) is 33.8 Å². The van der Waals surface area contributed by atoms with Crippen molar-refractivity contribution in [1.82, 2.24) is 35.1 Å². The fourth-order valence-corrected chi connectivity index (χ4v) is 4.93. The lowest BCUT2D eigenvalue weighted by atomic mass is 10.0. The van der Waals surface area contributed by atoms with Crippen molar-refractivity contribution in [1.29, 1.82) is 0 Å². The molecule has 0 radical (unpaired) electrons. The SMILES string of the molecule is CS(=O)(=O)CCc1cc(F)cc(-c2cccc3[nH]c(-c4[nH]nc5ncc(-c6cncnc6)cc45)nc23)c1. The fourth-order valence-electron chi connectivity index (χ4n) is 4.32. The van der Waals surface area contributed by atoms with Gasteiger partial charge >= 0.3 is 0 Å². The van der Waals surface area contributed by atoms with Crippen molar-refractivity contribution >= 4 is 31.9 Å². The molecule has 0 atom stereocenters. The van der Waals surface area contributed by atoms with Crippen molar-refractivity contribution in [3.63, 3.8) is 0 Å². The average molecular weight is 514 g/mol. The van der Waals surface area contributed by atoms with E-state index in [1.54, 1.807) is 24.7 Å². The van der Waals surface area contributed by atoms with E-state index in [0.717, 1.165) is 27.6 Å². The van der Waals surface area contributed by atoms with Crippen molar-refractivity contribution < 1.29 is 12.8 Å². The molecule has 0 amide bonds. The Morgan fingerprint density at radius 3 is 2.62 bits per heavy atom. The third-order valence-corrected chi connectivity index (χ3v) is 7.03. The van der Waals surface area contributed by atoms with Crippen LogP contribution in [0.1, 0.15) is 5.56 Å². The summed E-state index contributed by atoms with van der Waals surface area (Å²) in [6.45, 7) is 0. The van der Waals surface area contributed by atoms with Gasteiger partial charge in [0.15, 0.2) is 11.5 Å². The molecular formula is C26H20FN7O2S. The normalized spacial score (nSPS) is 11.9. The van der Waals surface area contributed by atoms with E-state index >= 15 is 0 Å². The number of hydrogen-bond donors (Lipinski definition) is 2. The van der Waals surface area contributed by atoms with Gasteiger partial charge in [-0.1, -0.05) is 18.2 Å². The molecule has 2 N–H and O–H groups in total. The van der Waals surface area contributed by atoms with Gasteiger partial charge in [-0.25, -0.2) is 32.7 Å². The quantitative estimate of drug-likeness (QED) is 0.339. The number of nitrogens with zero attached hydrogens (tertiary/aromatic N) is 5. The van der Waals surface area contributed by atoms with Crippen LogP contribution in [0.3, 0.4) is 0 Å². The fraction of sp³-hybridized carbons (Fsp3) is 0.115. The van der Waals surface area contributed by atoms with Gasteiger partial charge in [0.25, 0.3) is 0 Å². The van der Waals surface area contributed by atoms with Crippen LogP contribution in [0, 0.1) is 5.82 Å². The lowest BCUT2D eigenvalue weighted by Crippen LogP contribution is -2.06. The molecule has 9 nitrogen and oxygen atoms in total. The van der Waals surface area contributed by atoms with Crippen LogP contribution in [0.5, 0.6) is 0 Å². The van der Waals surface area contributed by atoms with Crippen LogP contribution in [0.15, 0.2) is 67.4 Å².